The summed E-state index contributed by atoms with van der Waals surface area (Å²) in [5.41, 5.74) is 8.09. The summed E-state index contributed by atoms with van der Waals surface area (Å²) >= 11 is 0. The number of hydrogen-bond acceptors (Lipinski definition) is 2. The van der Waals surface area contributed by atoms with Crippen molar-refractivity contribution < 1.29 is 13.2 Å². The summed E-state index contributed by atoms with van der Waals surface area (Å²) in [4.78, 5) is 1.97. The molecule has 0 saturated heterocycles. The van der Waals surface area contributed by atoms with Crippen LogP contribution in [0, 0.1) is 0 Å². The van der Waals surface area contributed by atoms with Crippen LogP contribution in [-0.2, 0) is 6.42 Å². The average Bonchev–Trinajstić information content (AvgIpc) is 2.27. The third-order valence-electron chi connectivity index (χ3n) is 3.16. The molecule has 1 aromatic rings. The number of anilines is 1. The number of para-hydroxylation sites is 1. The minimum absolute atomic E-state index is 0.00536. The van der Waals surface area contributed by atoms with Crippen molar-refractivity contribution in [2.75, 3.05) is 18.0 Å². The van der Waals surface area contributed by atoms with Gasteiger partial charge < -0.3 is 10.6 Å². The molecule has 0 bridgehead atoms. The fourth-order valence-corrected chi connectivity index (χ4v) is 2.40. The van der Waals surface area contributed by atoms with E-state index in [0.717, 1.165) is 17.7 Å². The number of fused-ring (bicyclic) bond motifs is 1. The molecule has 1 unspecified atom stereocenters. The van der Waals surface area contributed by atoms with Crippen molar-refractivity contribution in [1.82, 2.24) is 0 Å². The highest BCUT2D eigenvalue weighted by Gasteiger charge is 2.27. The molecule has 0 aliphatic carbocycles. The van der Waals surface area contributed by atoms with E-state index in [1.807, 2.05) is 29.2 Å². The lowest BCUT2D eigenvalue weighted by Crippen LogP contribution is -2.43. The van der Waals surface area contributed by atoms with Crippen LogP contribution in [0.25, 0.3) is 0 Å². The Hall–Kier alpha value is -1.23. The van der Waals surface area contributed by atoms with E-state index in [-0.39, 0.29) is 12.5 Å². The molecule has 0 amide bonds. The van der Waals surface area contributed by atoms with E-state index in [1.54, 1.807) is 0 Å². The van der Waals surface area contributed by atoms with Crippen molar-refractivity contribution >= 4 is 5.69 Å². The normalized spacial score (nSPS) is 19.8. The molecule has 0 fully saturated rings. The fourth-order valence-electron chi connectivity index (χ4n) is 2.40. The van der Waals surface area contributed by atoms with Gasteiger partial charge in [-0.05, 0) is 24.5 Å². The first-order chi connectivity index (χ1) is 8.46. The van der Waals surface area contributed by atoms with Crippen LogP contribution in [0.2, 0.25) is 0 Å². The zero-order valence-electron chi connectivity index (χ0n) is 10.1. The molecule has 1 aliphatic heterocycles. The molecule has 18 heavy (non-hydrogen) atoms. The zero-order valence-corrected chi connectivity index (χ0v) is 10.1. The third-order valence-corrected chi connectivity index (χ3v) is 3.16. The molecule has 100 valence electrons. The standard InChI is InChI=1S/C13H17F3N2/c14-13(15,16)6-3-7-18-9-11(17)8-10-4-1-2-5-12(10)18/h1-2,4-5,11H,3,6-9,17H2. The molecular weight excluding hydrogens is 241 g/mol. The van der Waals surface area contributed by atoms with Crippen LogP contribution >= 0.6 is 0 Å². The van der Waals surface area contributed by atoms with Crippen LogP contribution in [0.1, 0.15) is 18.4 Å². The summed E-state index contributed by atoms with van der Waals surface area (Å²) in [6.07, 6.45) is -3.89. The molecular formula is C13H17F3N2. The molecule has 0 saturated carbocycles. The summed E-state index contributed by atoms with van der Waals surface area (Å²) in [5, 5.41) is 0. The maximum absolute atomic E-state index is 12.1. The Kier molecular flexibility index (Phi) is 3.80. The van der Waals surface area contributed by atoms with Gasteiger partial charge in [0.15, 0.2) is 0 Å². The Morgan fingerprint density at radius 1 is 1.28 bits per heavy atom. The largest absolute Gasteiger partial charge is 0.389 e. The molecule has 0 aromatic heterocycles. The number of halogens is 3. The SMILES string of the molecule is NC1Cc2ccccc2N(CCCC(F)(F)F)C1. The monoisotopic (exact) mass is 258 g/mol. The Labute approximate surface area is 105 Å². The van der Waals surface area contributed by atoms with E-state index >= 15 is 0 Å². The maximum Gasteiger partial charge on any atom is 0.389 e. The summed E-state index contributed by atoms with van der Waals surface area (Å²) in [6.45, 7) is 1.04. The quantitative estimate of drug-likeness (QED) is 0.903. The second-order valence-corrected chi connectivity index (χ2v) is 4.76. The highest BCUT2D eigenvalue weighted by molar-refractivity contribution is 5.56. The van der Waals surface area contributed by atoms with Crippen LogP contribution in [-0.4, -0.2) is 25.3 Å². The Balaban J connectivity index is 2.01. The van der Waals surface area contributed by atoms with Gasteiger partial charge in [0, 0.05) is 31.2 Å². The predicted octanol–water partition coefficient (Wildman–Crippen LogP) is 2.72. The predicted molar refractivity (Wildman–Crippen MR) is 65.6 cm³/mol. The lowest BCUT2D eigenvalue weighted by atomic mass is 9.98. The van der Waals surface area contributed by atoms with Crippen molar-refractivity contribution in [3.63, 3.8) is 0 Å². The van der Waals surface area contributed by atoms with Crippen LogP contribution in [0.15, 0.2) is 24.3 Å². The van der Waals surface area contributed by atoms with Gasteiger partial charge >= 0.3 is 6.18 Å². The lowest BCUT2D eigenvalue weighted by molar-refractivity contribution is -0.135. The number of alkyl halides is 3. The van der Waals surface area contributed by atoms with Crippen LogP contribution < -0.4 is 10.6 Å². The zero-order chi connectivity index (χ0) is 13.2. The van der Waals surface area contributed by atoms with Crippen LogP contribution in [0.4, 0.5) is 18.9 Å². The Morgan fingerprint density at radius 3 is 2.72 bits per heavy atom. The van der Waals surface area contributed by atoms with Crippen LogP contribution in [0.5, 0.6) is 0 Å². The van der Waals surface area contributed by atoms with Gasteiger partial charge in [0.05, 0.1) is 0 Å². The highest BCUT2D eigenvalue weighted by atomic mass is 19.4. The van der Waals surface area contributed by atoms with Gasteiger partial charge in [-0.1, -0.05) is 18.2 Å². The van der Waals surface area contributed by atoms with Crippen molar-refractivity contribution in [3.8, 4) is 0 Å². The highest BCUT2D eigenvalue weighted by Crippen LogP contribution is 2.28. The van der Waals surface area contributed by atoms with E-state index in [2.05, 4.69) is 0 Å². The fraction of sp³-hybridized carbons (Fsp3) is 0.538. The van der Waals surface area contributed by atoms with Gasteiger partial charge in [-0.3, -0.25) is 0 Å². The average molecular weight is 258 g/mol. The topological polar surface area (TPSA) is 29.3 Å². The molecule has 0 spiro atoms. The first-order valence-electron chi connectivity index (χ1n) is 6.11. The first-order valence-corrected chi connectivity index (χ1v) is 6.11. The molecule has 5 heteroatoms. The molecule has 1 heterocycles. The molecule has 2 nitrogen and oxygen atoms in total. The number of nitrogens with zero attached hydrogens (tertiary/aromatic N) is 1. The van der Waals surface area contributed by atoms with Crippen molar-refractivity contribution in [3.05, 3.63) is 29.8 Å². The number of rotatable bonds is 3. The number of nitrogens with two attached hydrogens (primary N) is 1. The van der Waals surface area contributed by atoms with Gasteiger partial charge in [-0.15, -0.1) is 0 Å². The Bertz CT molecular complexity index is 403. The minimum Gasteiger partial charge on any atom is -0.370 e. The lowest BCUT2D eigenvalue weighted by Gasteiger charge is -2.34. The maximum atomic E-state index is 12.1. The molecule has 1 aliphatic rings. The molecule has 2 N–H and O–H groups in total. The van der Waals surface area contributed by atoms with Crippen molar-refractivity contribution in [2.45, 2.75) is 31.5 Å². The summed E-state index contributed by atoms with van der Waals surface area (Å²) < 4.78 is 36.4. The smallest absolute Gasteiger partial charge is 0.370 e. The molecule has 1 atom stereocenters. The van der Waals surface area contributed by atoms with Gasteiger partial charge in [0.1, 0.15) is 0 Å². The number of hydrogen-bond donors (Lipinski definition) is 1. The molecule has 2 rings (SSSR count). The summed E-state index contributed by atoms with van der Waals surface area (Å²) in [7, 11) is 0. The molecule has 0 radical (unpaired) electrons. The van der Waals surface area contributed by atoms with Crippen LogP contribution in [0.3, 0.4) is 0 Å². The van der Waals surface area contributed by atoms with Gasteiger partial charge in [0.2, 0.25) is 0 Å². The summed E-state index contributed by atoms with van der Waals surface area (Å²) in [6, 6.07) is 7.79. The third kappa shape index (κ3) is 3.38. The Morgan fingerprint density at radius 2 is 2.00 bits per heavy atom. The molecule has 1 aromatic carbocycles. The second-order valence-electron chi connectivity index (χ2n) is 4.76. The van der Waals surface area contributed by atoms with Gasteiger partial charge in [-0.25, -0.2) is 0 Å². The van der Waals surface area contributed by atoms with E-state index in [1.165, 1.54) is 0 Å². The van der Waals surface area contributed by atoms with E-state index < -0.39 is 12.6 Å². The van der Waals surface area contributed by atoms with E-state index in [0.29, 0.717) is 13.1 Å². The van der Waals surface area contributed by atoms with E-state index in [9.17, 15) is 13.2 Å². The second kappa shape index (κ2) is 5.18. The van der Waals surface area contributed by atoms with Gasteiger partial charge in [-0.2, -0.15) is 13.2 Å². The number of benzene rings is 1. The van der Waals surface area contributed by atoms with Crippen molar-refractivity contribution in [2.24, 2.45) is 5.73 Å². The van der Waals surface area contributed by atoms with Crippen molar-refractivity contribution in [1.29, 1.82) is 0 Å². The summed E-state index contributed by atoms with van der Waals surface area (Å²) in [5.74, 6) is 0. The van der Waals surface area contributed by atoms with Gasteiger partial charge in [0.25, 0.3) is 0 Å². The van der Waals surface area contributed by atoms with E-state index in [4.69, 9.17) is 5.73 Å². The minimum atomic E-state index is -4.07. The first kappa shape index (κ1) is 13.2.